The van der Waals surface area contributed by atoms with Gasteiger partial charge in [-0.1, -0.05) is 41.5 Å². The number of thiophene rings is 2. The van der Waals surface area contributed by atoms with Crippen molar-refractivity contribution in [2.75, 3.05) is 5.73 Å². The smallest absolute Gasteiger partial charge is 0.130 e. The van der Waals surface area contributed by atoms with Gasteiger partial charge in [-0.3, -0.25) is 0 Å². The van der Waals surface area contributed by atoms with Gasteiger partial charge in [0.05, 0.1) is 5.69 Å². The molecule has 0 amide bonds. The number of nitriles is 2. The zero-order valence-corrected chi connectivity index (χ0v) is 25.3. The van der Waals surface area contributed by atoms with Crippen LogP contribution in [0.3, 0.4) is 0 Å². The van der Waals surface area contributed by atoms with Gasteiger partial charge in [0.2, 0.25) is 0 Å². The highest BCUT2D eigenvalue weighted by Gasteiger charge is 2.30. The Kier molecular flexibility index (Phi) is 7.68. The normalized spacial score (nSPS) is 22.2. The minimum Gasteiger partial charge on any atom is -0.396 e. The van der Waals surface area contributed by atoms with Gasteiger partial charge in [0.1, 0.15) is 31.6 Å². The third-order valence-corrected chi connectivity index (χ3v) is 10.9. The van der Waals surface area contributed by atoms with Gasteiger partial charge in [0, 0.05) is 22.2 Å². The molecule has 0 aliphatic heterocycles. The first-order chi connectivity index (χ1) is 18.6. The summed E-state index contributed by atoms with van der Waals surface area (Å²) in [6, 6.07) is 10.8. The molecule has 4 unspecified atom stereocenters. The first-order valence-corrected chi connectivity index (χ1v) is 15.7. The van der Waals surface area contributed by atoms with Crippen LogP contribution in [0.1, 0.15) is 73.8 Å². The van der Waals surface area contributed by atoms with Gasteiger partial charge in [0.15, 0.2) is 0 Å². The van der Waals surface area contributed by atoms with Crippen molar-refractivity contribution in [3.05, 3.63) is 50.5 Å². The Morgan fingerprint density at radius 2 is 1.36 bits per heavy atom. The molecule has 5 nitrogen and oxygen atoms in total. The van der Waals surface area contributed by atoms with Crippen LogP contribution < -0.4 is 5.73 Å². The van der Waals surface area contributed by atoms with Crippen molar-refractivity contribution in [2.24, 2.45) is 35.5 Å². The summed E-state index contributed by atoms with van der Waals surface area (Å²) in [5.41, 5.74) is 11.8. The first-order valence-electron chi connectivity index (χ1n) is 14.0. The van der Waals surface area contributed by atoms with Crippen LogP contribution in [0.15, 0.2) is 18.2 Å². The molecule has 0 aromatic carbocycles. The Labute approximate surface area is 239 Å². The first kappa shape index (κ1) is 27.6. The van der Waals surface area contributed by atoms with Crippen molar-refractivity contribution in [2.45, 2.75) is 67.2 Å². The van der Waals surface area contributed by atoms with Crippen LogP contribution in [0, 0.1) is 58.2 Å². The highest BCUT2D eigenvalue weighted by molar-refractivity contribution is 7.20. The van der Waals surface area contributed by atoms with E-state index in [9.17, 15) is 0 Å². The second-order valence-electron chi connectivity index (χ2n) is 12.2. The fourth-order valence-electron chi connectivity index (χ4n) is 6.62. The van der Waals surface area contributed by atoms with Gasteiger partial charge >= 0.3 is 0 Å². The molecule has 0 spiro atoms. The third-order valence-electron chi connectivity index (χ3n) is 8.89. The van der Waals surface area contributed by atoms with E-state index in [2.05, 4.69) is 65.8 Å². The summed E-state index contributed by atoms with van der Waals surface area (Å²) in [6.07, 6.45) is 4.32. The highest BCUT2D eigenvalue weighted by atomic mass is 32.1. The Morgan fingerprint density at radius 1 is 0.795 bits per heavy atom. The molecule has 2 N–H and O–H groups in total. The molecule has 7 heteroatoms. The molecule has 0 saturated heterocycles. The minimum atomic E-state index is 0.586. The van der Waals surface area contributed by atoms with E-state index in [0.717, 1.165) is 62.8 Å². The van der Waals surface area contributed by atoms with Crippen LogP contribution in [-0.2, 0) is 25.7 Å². The molecular formula is C32H37N5S2. The van der Waals surface area contributed by atoms with Gasteiger partial charge in [-0.05, 0) is 90.5 Å². The molecule has 0 bridgehead atoms. The zero-order chi connectivity index (χ0) is 28.0. The van der Waals surface area contributed by atoms with Crippen LogP contribution in [0.25, 0.3) is 20.4 Å². The standard InChI is InChI=1S/C16H19N3S.C16H18N2S/c1-8(2)11-5-10-6-12-15(18)14(7-17)20-16(12)19-13(10)4-9(11)3;1-9(2)14-7-11-5-12-6-13(8-17)19-16(12)18-15(11)4-10(14)3/h6,8-9,11H,4-5,18H2,1-3H3;5-6,9-10,14H,4,7H2,1-3H3. The van der Waals surface area contributed by atoms with E-state index in [1.165, 1.54) is 45.2 Å². The van der Waals surface area contributed by atoms with Crippen LogP contribution in [-0.4, -0.2) is 9.97 Å². The SMILES string of the molecule is CC(C)C1Cc2cc3c(N)c(C#N)sc3nc2CC1C.CC(C)C1Cc2cc3cc(C#N)sc3nc2CC1C. The molecular weight excluding hydrogens is 519 g/mol. The zero-order valence-electron chi connectivity index (χ0n) is 23.7. The van der Waals surface area contributed by atoms with Crippen molar-refractivity contribution in [3.63, 3.8) is 0 Å². The molecule has 0 radical (unpaired) electrons. The number of rotatable bonds is 2. The molecule has 4 aromatic rings. The summed E-state index contributed by atoms with van der Waals surface area (Å²) < 4.78 is 0. The molecule has 0 saturated carbocycles. The summed E-state index contributed by atoms with van der Waals surface area (Å²) in [5.74, 6) is 4.23. The number of aromatic nitrogens is 2. The van der Waals surface area contributed by atoms with Crippen LogP contribution >= 0.6 is 22.7 Å². The summed E-state index contributed by atoms with van der Waals surface area (Å²) >= 11 is 2.91. The lowest BCUT2D eigenvalue weighted by molar-refractivity contribution is 0.250. The highest BCUT2D eigenvalue weighted by Crippen LogP contribution is 2.39. The van der Waals surface area contributed by atoms with Crippen LogP contribution in [0.4, 0.5) is 5.69 Å². The summed E-state index contributed by atoms with van der Waals surface area (Å²) in [5, 5.41) is 20.2. The fraction of sp³-hybridized carbons (Fsp3) is 0.500. The number of nitrogens with zero attached hydrogens (tertiary/aromatic N) is 4. The number of anilines is 1. The Morgan fingerprint density at radius 3 is 1.90 bits per heavy atom. The minimum absolute atomic E-state index is 0.586. The number of pyridine rings is 2. The molecule has 39 heavy (non-hydrogen) atoms. The maximum atomic E-state index is 9.09. The number of nitrogens with two attached hydrogens (primary N) is 1. The monoisotopic (exact) mass is 555 g/mol. The lowest BCUT2D eigenvalue weighted by Gasteiger charge is -2.33. The predicted octanol–water partition coefficient (Wildman–Crippen LogP) is 7.93. The van der Waals surface area contributed by atoms with E-state index >= 15 is 0 Å². The maximum absolute atomic E-state index is 9.09. The average Bonchev–Trinajstić information content (AvgIpc) is 3.44. The van der Waals surface area contributed by atoms with Gasteiger partial charge in [-0.15, -0.1) is 22.7 Å². The molecule has 6 rings (SSSR count). The molecule has 4 aromatic heterocycles. The molecule has 0 fully saturated rings. The van der Waals surface area contributed by atoms with Crippen molar-refractivity contribution in [3.8, 4) is 12.1 Å². The van der Waals surface area contributed by atoms with E-state index in [-0.39, 0.29) is 0 Å². The number of fused-ring (bicyclic) bond motifs is 4. The average molecular weight is 556 g/mol. The van der Waals surface area contributed by atoms with Gasteiger partial charge in [0.25, 0.3) is 0 Å². The lowest BCUT2D eigenvalue weighted by Crippen LogP contribution is -2.27. The van der Waals surface area contributed by atoms with E-state index in [0.29, 0.717) is 34.2 Å². The summed E-state index contributed by atoms with van der Waals surface area (Å²) in [4.78, 5) is 12.9. The Hall–Kier alpha value is -3.00. The molecule has 4 heterocycles. The largest absolute Gasteiger partial charge is 0.396 e. The van der Waals surface area contributed by atoms with Gasteiger partial charge in [-0.25, -0.2) is 9.97 Å². The summed E-state index contributed by atoms with van der Waals surface area (Å²) in [6.45, 7) is 13.9. The van der Waals surface area contributed by atoms with Crippen molar-refractivity contribution in [1.82, 2.24) is 9.97 Å². The maximum Gasteiger partial charge on any atom is 0.130 e. The van der Waals surface area contributed by atoms with Gasteiger partial charge < -0.3 is 5.73 Å². The molecule has 202 valence electrons. The fourth-order valence-corrected chi connectivity index (χ4v) is 8.35. The molecule has 4 atom stereocenters. The summed E-state index contributed by atoms with van der Waals surface area (Å²) in [7, 11) is 0. The molecule has 2 aliphatic carbocycles. The van der Waals surface area contributed by atoms with E-state index < -0.39 is 0 Å². The molecule has 2 aliphatic rings. The predicted molar refractivity (Wildman–Crippen MR) is 163 cm³/mol. The van der Waals surface area contributed by atoms with E-state index in [1.807, 2.05) is 6.07 Å². The van der Waals surface area contributed by atoms with Gasteiger partial charge in [-0.2, -0.15) is 10.5 Å². The van der Waals surface area contributed by atoms with Crippen molar-refractivity contribution in [1.29, 1.82) is 10.5 Å². The van der Waals surface area contributed by atoms with Crippen LogP contribution in [0.2, 0.25) is 0 Å². The second-order valence-corrected chi connectivity index (χ2v) is 14.2. The topological polar surface area (TPSA) is 99.4 Å². The van der Waals surface area contributed by atoms with E-state index in [4.69, 9.17) is 26.2 Å². The Balaban J connectivity index is 0.000000158. The number of nitrogen functional groups attached to an aromatic ring is 1. The van der Waals surface area contributed by atoms with Crippen molar-refractivity contribution < 1.29 is 0 Å². The third kappa shape index (κ3) is 5.28. The number of hydrogen-bond donors (Lipinski definition) is 1. The number of hydrogen-bond acceptors (Lipinski definition) is 7. The quantitative estimate of drug-likeness (QED) is 0.271. The van der Waals surface area contributed by atoms with Crippen LogP contribution in [0.5, 0.6) is 0 Å². The lowest BCUT2D eigenvalue weighted by atomic mass is 9.73. The van der Waals surface area contributed by atoms with E-state index in [1.54, 1.807) is 0 Å². The second kappa shape index (κ2) is 10.9. The Bertz CT molecular complexity index is 1610. The van der Waals surface area contributed by atoms with Crippen molar-refractivity contribution >= 4 is 48.8 Å².